The summed E-state index contributed by atoms with van der Waals surface area (Å²) in [6.45, 7) is 2.15. The summed E-state index contributed by atoms with van der Waals surface area (Å²) >= 11 is 4.00. The molecule has 0 aromatic carbocycles. The number of carboxylic acids is 1. The molecule has 3 atom stereocenters. The van der Waals surface area contributed by atoms with Crippen LogP contribution >= 0.6 is 34.9 Å². The van der Waals surface area contributed by atoms with Gasteiger partial charge in [0.1, 0.15) is 28.2 Å². The van der Waals surface area contributed by atoms with Crippen molar-refractivity contribution < 1.29 is 24.3 Å². The highest BCUT2D eigenvalue weighted by Gasteiger charge is 2.54. The zero-order valence-electron chi connectivity index (χ0n) is 17.8. The second-order valence-corrected chi connectivity index (χ2v) is 10.3. The number of aromatic nitrogens is 3. The predicted molar refractivity (Wildman–Crippen MR) is 126 cm³/mol. The van der Waals surface area contributed by atoms with E-state index in [9.17, 15) is 24.3 Å². The van der Waals surface area contributed by atoms with Crippen LogP contribution in [0.3, 0.4) is 0 Å². The minimum Gasteiger partial charge on any atom is -0.477 e. The molecule has 0 bridgehead atoms. The summed E-state index contributed by atoms with van der Waals surface area (Å²) < 4.78 is 0. The topological polar surface area (TPSA) is 169 Å². The number of nitrogens with zero attached hydrogens (tertiary/aromatic N) is 3. The van der Waals surface area contributed by atoms with E-state index >= 15 is 0 Å². The van der Waals surface area contributed by atoms with Crippen LogP contribution in [0.1, 0.15) is 17.8 Å². The van der Waals surface area contributed by atoms with Gasteiger partial charge in [-0.05, 0) is 23.9 Å². The number of aromatic amines is 1. The van der Waals surface area contributed by atoms with Crippen molar-refractivity contribution in [3.63, 3.8) is 0 Å². The Morgan fingerprint density at radius 2 is 2.24 bits per heavy atom. The van der Waals surface area contributed by atoms with Crippen LogP contribution in [0.5, 0.6) is 0 Å². The summed E-state index contributed by atoms with van der Waals surface area (Å²) in [7, 11) is 0. The van der Waals surface area contributed by atoms with Crippen LogP contribution in [0.15, 0.2) is 40.0 Å². The quantitative estimate of drug-likeness (QED) is 0.235. The van der Waals surface area contributed by atoms with Crippen molar-refractivity contribution >= 4 is 58.7 Å². The Balaban J connectivity index is 1.47. The normalized spacial score (nSPS) is 20.3. The fourth-order valence-corrected chi connectivity index (χ4v) is 6.56. The number of β-lactam (4-membered cyclic amide) rings is 1. The number of hydrogen-bond donors (Lipinski definition) is 5. The third-order valence-electron chi connectivity index (χ3n) is 5.04. The summed E-state index contributed by atoms with van der Waals surface area (Å²) in [5, 5.41) is 29.7. The minimum atomic E-state index is -1.20. The molecule has 34 heavy (non-hydrogen) atoms. The molecule has 180 valence electrons. The lowest BCUT2D eigenvalue weighted by Gasteiger charge is -2.49. The lowest BCUT2D eigenvalue weighted by molar-refractivity contribution is -0.150. The van der Waals surface area contributed by atoms with Crippen LogP contribution in [0.25, 0.3) is 0 Å². The molecular formula is C19H21N7O5S3. The summed E-state index contributed by atoms with van der Waals surface area (Å²) in [4.78, 5) is 51.9. The van der Waals surface area contributed by atoms with Gasteiger partial charge in [0, 0.05) is 22.9 Å². The van der Waals surface area contributed by atoms with Gasteiger partial charge in [-0.25, -0.2) is 9.59 Å². The summed E-state index contributed by atoms with van der Waals surface area (Å²) in [5.74, 6) is -1.52. The number of carbonyl (C=O) groups excluding carboxylic acids is 3. The van der Waals surface area contributed by atoms with Crippen LogP contribution in [-0.2, 0) is 14.4 Å². The van der Waals surface area contributed by atoms with Crippen molar-refractivity contribution in [2.45, 2.75) is 29.4 Å². The number of amides is 4. The fourth-order valence-electron chi connectivity index (χ4n) is 3.52. The van der Waals surface area contributed by atoms with Crippen molar-refractivity contribution in [2.24, 2.45) is 0 Å². The molecule has 2 unspecified atom stereocenters. The van der Waals surface area contributed by atoms with Gasteiger partial charge in [-0.2, -0.15) is 10.3 Å². The predicted octanol–water partition coefficient (Wildman–Crippen LogP) is 0.757. The maximum Gasteiger partial charge on any atom is 0.352 e. The summed E-state index contributed by atoms with van der Waals surface area (Å²) in [6, 6.07) is 1.10. The highest BCUT2D eigenvalue weighted by molar-refractivity contribution is 8.01. The van der Waals surface area contributed by atoms with Gasteiger partial charge in [-0.3, -0.25) is 14.5 Å². The molecule has 2 aromatic heterocycles. The Kier molecular flexibility index (Phi) is 7.43. The van der Waals surface area contributed by atoms with Crippen molar-refractivity contribution in [2.75, 3.05) is 18.1 Å². The van der Waals surface area contributed by atoms with Crippen LogP contribution in [0.4, 0.5) is 4.79 Å². The van der Waals surface area contributed by atoms with Crippen LogP contribution in [0, 0.1) is 0 Å². The number of carboxylic acid groups (broad SMARTS) is 1. The number of thioether (sulfide) groups is 2. The molecule has 15 heteroatoms. The Morgan fingerprint density at radius 3 is 2.88 bits per heavy atom. The van der Waals surface area contributed by atoms with E-state index in [1.54, 1.807) is 24.4 Å². The maximum atomic E-state index is 13.0. The van der Waals surface area contributed by atoms with Gasteiger partial charge >= 0.3 is 12.0 Å². The van der Waals surface area contributed by atoms with E-state index in [0.717, 1.165) is 0 Å². The molecule has 12 nitrogen and oxygen atoms in total. The van der Waals surface area contributed by atoms with Gasteiger partial charge in [0.2, 0.25) is 5.91 Å². The van der Waals surface area contributed by atoms with Gasteiger partial charge in [0.05, 0.1) is 6.20 Å². The first kappa shape index (κ1) is 24.1. The second-order valence-electron chi connectivity index (χ2n) is 7.20. The van der Waals surface area contributed by atoms with Crippen LogP contribution in [-0.4, -0.2) is 78.7 Å². The number of aliphatic carboxylic acids is 1. The van der Waals surface area contributed by atoms with E-state index in [1.807, 2.05) is 0 Å². The van der Waals surface area contributed by atoms with Crippen molar-refractivity contribution in [1.29, 1.82) is 0 Å². The second kappa shape index (κ2) is 10.5. The van der Waals surface area contributed by atoms with Crippen LogP contribution < -0.4 is 16.0 Å². The lowest BCUT2D eigenvalue weighted by Crippen LogP contribution is -2.71. The average Bonchev–Trinajstić information content (AvgIpc) is 3.53. The fraction of sp³-hybridized carbons (Fsp3) is 0.368. The molecule has 0 aliphatic carbocycles. The van der Waals surface area contributed by atoms with E-state index < -0.39 is 41.3 Å². The number of rotatable bonds is 9. The van der Waals surface area contributed by atoms with Gasteiger partial charge in [-0.15, -0.1) is 28.2 Å². The van der Waals surface area contributed by atoms with E-state index in [1.165, 1.54) is 46.0 Å². The molecule has 4 heterocycles. The largest absolute Gasteiger partial charge is 0.477 e. The Morgan fingerprint density at radius 1 is 1.41 bits per heavy atom. The average molecular weight is 524 g/mol. The smallest absolute Gasteiger partial charge is 0.352 e. The van der Waals surface area contributed by atoms with Crippen molar-refractivity contribution in [1.82, 2.24) is 36.3 Å². The number of H-pyrrole nitrogens is 1. The van der Waals surface area contributed by atoms with Gasteiger partial charge in [0.25, 0.3) is 5.91 Å². The maximum absolute atomic E-state index is 13.0. The standard InChI is InChI=1S/C19H21N7O5S3/c1-2-20-19(31)23-12(10-4-3-5-32-10)15(27)22-13-16(28)26-14(18(29)30)9(8-34-17(13)26)7-33-11-6-21-25-24-11/h3-6,12-13,17H,2,7-8H2,1H3,(H,22,27)(H,29,30)(H2,20,23,31)(H,21,24,25)/t12?,13-,17?/m0/s1. The summed E-state index contributed by atoms with van der Waals surface area (Å²) in [5.41, 5.74) is 0.528. The first-order chi connectivity index (χ1) is 16.4. The highest BCUT2D eigenvalue weighted by atomic mass is 32.2. The molecule has 2 aromatic rings. The molecular weight excluding hydrogens is 502 g/mol. The zero-order chi connectivity index (χ0) is 24.2. The molecule has 4 rings (SSSR count). The summed E-state index contributed by atoms with van der Waals surface area (Å²) in [6.07, 6.45) is 1.53. The van der Waals surface area contributed by atoms with Crippen LogP contribution in [0.2, 0.25) is 0 Å². The molecule has 0 spiro atoms. The molecule has 2 aliphatic heterocycles. The number of urea groups is 1. The molecule has 4 amide bonds. The molecule has 0 radical (unpaired) electrons. The monoisotopic (exact) mass is 523 g/mol. The molecule has 0 saturated carbocycles. The van der Waals surface area contributed by atoms with E-state index in [4.69, 9.17) is 0 Å². The molecule has 1 fully saturated rings. The number of fused-ring (bicyclic) bond motifs is 1. The Hall–Kier alpha value is -3.04. The number of carbonyl (C=O) groups is 4. The van der Waals surface area contributed by atoms with Crippen molar-refractivity contribution in [3.8, 4) is 0 Å². The first-order valence-corrected chi connectivity index (χ1v) is 13.1. The third kappa shape index (κ3) is 4.90. The van der Waals surface area contributed by atoms with E-state index in [0.29, 0.717) is 33.5 Å². The van der Waals surface area contributed by atoms with Gasteiger partial charge in [0.15, 0.2) is 0 Å². The SMILES string of the molecule is CCNC(=O)NC(C(=O)N[C@H]1C(=O)N2C(C(=O)O)=C(CSc3cn[nH]n3)CSC12)c1cccs1. The number of hydrogen-bond acceptors (Lipinski definition) is 9. The molecule has 1 saturated heterocycles. The van der Waals surface area contributed by atoms with E-state index in [2.05, 4.69) is 31.4 Å². The Labute approximate surface area is 206 Å². The third-order valence-corrected chi connectivity index (χ3v) is 8.30. The first-order valence-electron chi connectivity index (χ1n) is 10.2. The minimum absolute atomic E-state index is 0.0644. The molecule has 5 N–H and O–H groups in total. The highest BCUT2D eigenvalue weighted by Crippen LogP contribution is 2.41. The number of thiophene rings is 1. The van der Waals surface area contributed by atoms with E-state index in [-0.39, 0.29) is 5.70 Å². The van der Waals surface area contributed by atoms with Crippen molar-refractivity contribution in [3.05, 3.63) is 39.9 Å². The zero-order valence-corrected chi connectivity index (χ0v) is 20.3. The lowest BCUT2D eigenvalue weighted by atomic mass is 10.0. The number of nitrogens with one attached hydrogen (secondary N) is 4. The van der Waals surface area contributed by atoms with Gasteiger partial charge < -0.3 is 21.1 Å². The Bertz CT molecular complexity index is 1110. The van der Waals surface area contributed by atoms with Gasteiger partial charge in [-0.1, -0.05) is 17.8 Å². The molecule has 2 aliphatic rings.